The topological polar surface area (TPSA) is 87.5 Å². The molecule has 0 N–H and O–H groups in total. The molecule has 0 fully saturated rings. The molecule has 1 atom stereocenters. The van der Waals surface area contributed by atoms with Crippen molar-refractivity contribution in [2.24, 2.45) is 0 Å². The zero-order valence-electron chi connectivity index (χ0n) is 15.2. The Labute approximate surface area is 163 Å². The highest BCUT2D eigenvalue weighted by molar-refractivity contribution is 6.00. The third kappa shape index (κ3) is 4.81. The lowest BCUT2D eigenvalue weighted by atomic mass is 10.1. The highest BCUT2D eigenvalue weighted by Gasteiger charge is 2.20. The van der Waals surface area contributed by atoms with E-state index in [1.54, 1.807) is 24.3 Å². The van der Waals surface area contributed by atoms with E-state index in [1.165, 1.54) is 37.5 Å². The first-order valence-electron chi connectivity index (χ1n) is 8.58. The Morgan fingerprint density at radius 1 is 1.10 bits per heavy atom. The Balaban J connectivity index is 1.65. The van der Waals surface area contributed by atoms with Crippen molar-refractivity contribution < 1.29 is 27.8 Å². The van der Waals surface area contributed by atoms with Crippen LogP contribution in [0.1, 0.15) is 17.3 Å². The van der Waals surface area contributed by atoms with E-state index < -0.39 is 36.6 Å². The van der Waals surface area contributed by atoms with Gasteiger partial charge in [0.05, 0.1) is 17.2 Å². The number of benzene rings is 2. The molecule has 150 valence electrons. The largest absolute Gasteiger partial charge is 0.453 e. The summed E-state index contributed by atoms with van der Waals surface area (Å²) < 4.78 is 34.8. The maximum Gasteiger partial charge on any atom is 0.387 e. The highest BCUT2D eigenvalue weighted by Crippen LogP contribution is 2.16. The molecule has 0 amide bonds. The summed E-state index contributed by atoms with van der Waals surface area (Å²) in [4.78, 5) is 41.0. The van der Waals surface area contributed by atoms with Gasteiger partial charge >= 0.3 is 12.6 Å². The maximum atomic E-state index is 12.4. The van der Waals surface area contributed by atoms with Crippen molar-refractivity contribution in [2.45, 2.75) is 26.2 Å². The van der Waals surface area contributed by atoms with Gasteiger partial charge in [-0.2, -0.15) is 8.78 Å². The second-order valence-corrected chi connectivity index (χ2v) is 6.09. The first-order chi connectivity index (χ1) is 13.8. The van der Waals surface area contributed by atoms with E-state index >= 15 is 0 Å². The summed E-state index contributed by atoms with van der Waals surface area (Å²) in [6.45, 7) is -2.00. The molecule has 0 aliphatic carbocycles. The summed E-state index contributed by atoms with van der Waals surface area (Å²) in [7, 11) is 0. The van der Waals surface area contributed by atoms with Crippen LogP contribution in [0.4, 0.5) is 8.78 Å². The SMILES string of the molecule is C[C@H](OC(=O)Cn1cnc2ccccc2c1=O)C(=O)c1ccc(OC(F)F)cc1. The molecule has 29 heavy (non-hydrogen) atoms. The Kier molecular flexibility index (Phi) is 5.96. The normalized spacial score (nSPS) is 12.0. The van der Waals surface area contributed by atoms with E-state index in [2.05, 4.69) is 9.72 Å². The number of nitrogens with zero attached hydrogens (tertiary/aromatic N) is 2. The molecular formula is C20H16F2N2O5. The van der Waals surface area contributed by atoms with Crippen molar-refractivity contribution in [3.63, 3.8) is 0 Å². The molecule has 0 bridgehead atoms. The van der Waals surface area contributed by atoms with Crippen LogP contribution in [0.2, 0.25) is 0 Å². The Morgan fingerprint density at radius 2 is 1.79 bits per heavy atom. The van der Waals surface area contributed by atoms with Gasteiger partial charge in [0.2, 0.25) is 5.78 Å². The fourth-order valence-electron chi connectivity index (χ4n) is 2.68. The van der Waals surface area contributed by atoms with Crippen LogP contribution in [0.15, 0.2) is 59.7 Å². The molecule has 0 aliphatic rings. The van der Waals surface area contributed by atoms with E-state index in [0.29, 0.717) is 10.9 Å². The predicted molar refractivity (Wildman–Crippen MR) is 99.0 cm³/mol. The van der Waals surface area contributed by atoms with Crippen LogP contribution in [0.25, 0.3) is 10.9 Å². The van der Waals surface area contributed by atoms with E-state index in [0.717, 1.165) is 4.57 Å². The van der Waals surface area contributed by atoms with E-state index in [4.69, 9.17) is 4.74 Å². The quantitative estimate of drug-likeness (QED) is 0.446. The lowest BCUT2D eigenvalue weighted by Crippen LogP contribution is -2.30. The van der Waals surface area contributed by atoms with Crippen LogP contribution in [0.3, 0.4) is 0 Å². The molecule has 0 saturated carbocycles. The number of alkyl halides is 2. The predicted octanol–water partition coefficient (Wildman–Crippen LogP) is 2.81. The number of para-hydroxylation sites is 1. The molecule has 0 spiro atoms. The first-order valence-corrected chi connectivity index (χ1v) is 8.58. The van der Waals surface area contributed by atoms with Gasteiger partial charge in [0.25, 0.3) is 5.56 Å². The fraction of sp³-hybridized carbons (Fsp3) is 0.200. The van der Waals surface area contributed by atoms with Gasteiger partial charge in [-0.05, 0) is 43.3 Å². The van der Waals surface area contributed by atoms with E-state index in [1.807, 2.05) is 0 Å². The molecule has 2 aromatic carbocycles. The Hall–Kier alpha value is -3.62. The molecule has 3 rings (SSSR count). The molecule has 0 unspecified atom stereocenters. The molecule has 1 aromatic heterocycles. The average Bonchev–Trinajstić information content (AvgIpc) is 2.70. The number of hydrogen-bond donors (Lipinski definition) is 0. The smallest absolute Gasteiger partial charge is 0.387 e. The zero-order valence-corrected chi connectivity index (χ0v) is 15.2. The van der Waals surface area contributed by atoms with Crippen molar-refractivity contribution in [1.82, 2.24) is 9.55 Å². The Morgan fingerprint density at radius 3 is 2.48 bits per heavy atom. The lowest BCUT2D eigenvalue weighted by Gasteiger charge is -2.13. The van der Waals surface area contributed by atoms with Gasteiger partial charge in [0, 0.05) is 5.56 Å². The maximum absolute atomic E-state index is 12.4. The van der Waals surface area contributed by atoms with Gasteiger partial charge < -0.3 is 9.47 Å². The number of aromatic nitrogens is 2. The van der Waals surface area contributed by atoms with Crippen LogP contribution >= 0.6 is 0 Å². The Bertz CT molecular complexity index is 1100. The third-order valence-electron chi connectivity index (χ3n) is 4.07. The van der Waals surface area contributed by atoms with Crippen LogP contribution < -0.4 is 10.3 Å². The average molecular weight is 402 g/mol. The van der Waals surface area contributed by atoms with Gasteiger partial charge in [-0.3, -0.25) is 19.0 Å². The minimum absolute atomic E-state index is 0.0932. The van der Waals surface area contributed by atoms with Gasteiger partial charge in [0.1, 0.15) is 12.3 Å². The number of carbonyl (C=O) groups excluding carboxylic acids is 2. The monoisotopic (exact) mass is 402 g/mol. The van der Waals surface area contributed by atoms with Crippen molar-refractivity contribution in [3.05, 3.63) is 70.8 Å². The van der Waals surface area contributed by atoms with Crippen LogP contribution in [0, 0.1) is 0 Å². The fourth-order valence-corrected chi connectivity index (χ4v) is 2.68. The van der Waals surface area contributed by atoms with Crippen LogP contribution in [-0.2, 0) is 16.1 Å². The molecule has 0 saturated heterocycles. The number of carbonyl (C=O) groups is 2. The molecule has 0 aliphatic heterocycles. The number of Topliss-reactive ketones (excluding diaryl/α,β-unsaturated/α-hetero) is 1. The summed E-state index contributed by atoms with van der Waals surface area (Å²) >= 11 is 0. The van der Waals surface area contributed by atoms with Crippen molar-refractivity contribution in [2.75, 3.05) is 0 Å². The second-order valence-electron chi connectivity index (χ2n) is 6.09. The number of ketones is 1. The molecular weight excluding hydrogens is 386 g/mol. The van der Waals surface area contributed by atoms with Gasteiger partial charge in [-0.1, -0.05) is 12.1 Å². The van der Waals surface area contributed by atoms with Crippen molar-refractivity contribution in [1.29, 1.82) is 0 Å². The summed E-state index contributed by atoms with van der Waals surface area (Å²) in [5.74, 6) is -1.40. The van der Waals surface area contributed by atoms with Gasteiger partial charge in [-0.15, -0.1) is 0 Å². The second kappa shape index (κ2) is 8.59. The minimum Gasteiger partial charge on any atom is -0.453 e. The molecule has 3 aromatic rings. The summed E-state index contributed by atoms with van der Waals surface area (Å²) in [5, 5.41) is 0.359. The van der Waals surface area contributed by atoms with Crippen molar-refractivity contribution >= 4 is 22.7 Å². The summed E-state index contributed by atoms with van der Waals surface area (Å²) in [5.41, 5.74) is 0.266. The standard InChI is InChI=1S/C20H16F2N2O5/c1-12(18(26)13-6-8-14(9-7-13)29-20(21)22)28-17(25)10-24-11-23-16-5-3-2-4-15(16)19(24)27/h2-9,11-12,20H,10H2,1H3/t12-/m0/s1. The molecule has 9 heteroatoms. The van der Waals surface area contributed by atoms with Crippen molar-refractivity contribution in [3.8, 4) is 5.75 Å². The number of fused-ring (bicyclic) bond motifs is 1. The highest BCUT2D eigenvalue weighted by atomic mass is 19.3. The molecule has 0 radical (unpaired) electrons. The minimum atomic E-state index is -2.97. The molecule has 1 heterocycles. The lowest BCUT2D eigenvalue weighted by molar-refractivity contribution is -0.147. The van der Waals surface area contributed by atoms with E-state index in [9.17, 15) is 23.2 Å². The first kappa shape index (κ1) is 20.1. The third-order valence-corrected chi connectivity index (χ3v) is 4.07. The number of rotatable bonds is 7. The van der Waals surface area contributed by atoms with Gasteiger partial charge in [0.15, 0.2) is 6.10 Å². The number of esters is 1. The number of halogens is 2. The number of ether oxygens (including phenoxy) is 2. The van der Waals surface area contributed by atoms with Gasteiger partial charge in [-0.25, -0.2) is 4.98 Å². The van der Waals surface area contributed by atoms with Crippen LogP contribution in [0.5, 0.6) is 5.75 Å². The van der Waals surface area contributed by atoms with E-state index in [-0.39, 0.29) is 11.3 Å². The number of hydrogen-bond acceptors (Lipinski definition) is 6. The summed E-state index contributed by atoms with van der Waals surface area (Å²) in [6.07, 6.45) is 0.105. The molecule has 7 nitrogen and oxygen atoms in total. The van der Waals surface area contributed by atoms with Crippen LogP contribution in [-0.4, -0.2) is 34.0 Å². The summed E-state index contributed by atoms with van der Waals surface area (Å²) in [6, 6.07) is 11.7. The zero-order chi connectivity index (χ0) is 21.0.